The summed E-state index contributed by atoms with van der Waals surface area (Å²) in [7, 11) is 3.27. The van der Waals surface area contributed by atoms with Crippen molar-refractivity contribution in [3.63, 3.8) is 0 Å². The van der Waals surface area contributed by atoms with E-state index in [0.717, 1.165) is 30.0 Å². The van der Waals surface area contributed by atoms with Crippen molar-refractivity contribution in [3.05, 3.63) is 77.9 Å². The van der Waals surface area contributed by atoms with E-state index in [1.165, 1.54) is 0 Å². The van der Waals surface area contributed by atoms with Crippen LogP contribution in [0.25, 0.3) is 0 Å². The molecule has 1 aliphatic carbocycles. The summed E-state index contributed by atoms with van der Waals surface area (Å²) in [6, 6.07) is 15.6. The van der Waals surface area contributed by atoms with Crippen LogP contribution in [0.3, 0.4) is 0 Å². The Morgan fingerprint density at radius 3 is 2.55 bits per heavy atom. The van der Waals surface area contributed by atoms with Crippen molar-refractivity contribution in [3.8, 4) is 11.5 Å². The molecule has 1 fully saturated rings. The number of ether oxygens (including phenoxy) is 2. The molecule has 0 unspecified atom stereocenters. The molecule has 1 heterocycles. The molecule has 0 aliphatic heterocycles. The van der Waals surface area contributed by atoms with E-state index in [-0.39, 0.29) is 11.9 Å². The van der Waals surface area contributed by atoms with E-state index in [9.17, 15) is 4.79 Å². The summed E-state index contributed by atoms with van der Waals surface area (Å²) >= 11 is 0. The molecule has 2 aromatic carbocycles. The van der Waals surface area contributed by atoms with E-state index in [4.69, 9.17) is 9.47 Å². The summed E-state index contributed by atoms with van der Waals surface area (Å²) in [5, 5.41) is 0. The quantitative estimate of drug-likeness (QED) is 0.587. The van der Waals surface area contributed by atoms with Crippen molar-refractivity contribution in [1.29, 1.82) is 0 Å². The van der Waals surface area contributed by atoms with Gasteiger partial charge in [0.25, 0.3) is 5.91 Å². The standard InChI is InChI=1S/C23H25N3O3/c1-28-20-10-6-17(7-11-20)15-25-13-12-24-22(25)16-26(19-8-9-19)23(27)18-4-3-5-21(14-18)29-2/h3-7,10-14,19H,8-9,15-16H2,1-2H3. The summed E-state index contributed by atoms with van der Waals surface area (Å²) < 4.78 is 12.6. The number of hydrogen-bond donors (Lipinski definition) is 0. The second kappa shape index (κ2) is 8.39. The number of methoxy groups -OCH3 is 2. The fraction of sp³-hybridized carbons (Fsp3) is 0.304. The number of imidazole rings is 1. The van der Waals surface area contributed by atoms with Gasteiger partial charge < -0.3 is 18.9 Å². The second-order valence-corrected chi connectivity index (χ2v) is 7.22. The third-order valence-corrected chi connectivity index (χ3v) is 5.19. The van der Waals surface area contributed by atoms with Crippen LogP contribution in [0.4, 0.5) is 0 Å². The number of carbonyl (C=O) groups excluding carboxylic acids is 1. The molecule has 1 aliphatic rings. The number of benzene rings is 2. The molecule has 0 atom stereocenters. The maximum absolute atomic E-state index is 13.2. The van der Waals surface area contributed by atoms with Crippen LogP contribution in [0, 0.1) is 0 Å². The first-order chi connectivity index (χ1) is 14.2. The first-order valence-electron chi connectivity index (χ1n) is 9.76. The Labute approximate surface area is 170 Å². The molecule has 29 heavy (non-hydrogen) atoms. The molecule has 0 spiro atoms. The minimum atomic E-state index is 0.0189. The van der Waals surface area contributed by atoms with Crippen molar-refractivity contribution in [2.45, 2.75) is 32.0 Å². The fourth-order valence-corrected chi connectivity index (χ4v) is 3.39. The van der Waals surface area contributed by atoms with Crippen LogP contribution < -0.4 is 9.47 Å². The van der Waals surface area contributed by atoms with Crippen LogP contribution in [0.2, 0.25) is 0 Å². The SMILES string of the molecule is COc1ccc(Cn2ccnc2CN(C(=O)c2cccc(OC)c2)C2CC2)cc1. The molecular formula is C23H25N3O3. The molecule has 150 valence electrons. The zero-order valence-corrected chi connectivity index (χ0v) is 16.7. The van der Waals surface area contributed by atoms with E-state index < -0.39 is 0 Å². The highest BCUT2D eigenvalue weighted by molar-refractivity contribution is 5.95. The maximum atomic E-state index is 13.2. The molecule has 6 nitrogen and oxygen atoms in total. The highest BCUT2D eigenvalue weighted by Gasteiger charge is 2.34. The van der Waals surface area contributed by atoms with Gasteiger partial charge in [0.05, 0.1) is 20.8 Å². The molecule has 0 bridgehead atoms. The summed E-state index contributed by atoms with van der Waals surface area (Å²) in [4.78, 5) is 19.6. The van der Waals surface area contributed by atoms with E-state index in [0.29, 0.717) is 24.4 Å². The van der Waals surface area contributed by atoms with Gasteiger partial charge in [-0.1, -0.05) is 18.2 Å². The van der Waals surface area contributed by atoms with Gasteiger partial charge in [-0.3, -0.25) is 4.79 Å². The molecule has 3 aromatic rings. The number of nitrogens with zero attached hydrogens (tertiary/aromatic N) is 3. The van der Waals surface area contributed by atoms with Gasteiger partial charge in [-0.25, -0.2) is 4.98 Å². The predicted octanol–water partition coefficient (Wildman–Crippen LogP) is 3.75. The number of aromatic nitrogens is 2. The highest BCUT2D eigenvalue weighted by atomic mass is 16.5. The molecule has 1 aromatic heterocycles. The Morgan fingerprint density at radius 2 is 1.86 bits per heavy atom. The van der Waals surface area contributed by atoms with Crippen molar-refractivity contribution in [2.75, 3.05) is 14.2 Å². The van der Waals surface area contributed by atoms with Crippen LogP contribution in [-0.4, -0.2) is 40.6 Å². The Bertz CT molecular complexity index is 977. The second-order valence-electron chi connectivity index (χ2n) is 7.22. The Kier molecular flexibility index (Phi) is 5.51. The molecule has 4 rings (SSSR count). The van der Waals surface area contributed by atoms with Crippen molar-refractivity contribution in [2.24, 2.45) is 0 Å². The lowest BCUT2D eigenvalue weighted by Crippen LogP contribution is -2.33. The Balaban J connectivity index is 1.52. The smallest absolute Gasteiger partial charge is 0.254 e. The lowest BCUT2D eigenvalue weighted by Gasteiger charge is -2.23. The monoisotopic (exact) mass is 391 g/mol. The largest absolute Gasteiger partial charge is 0.497 e. The van der Waals surface area contributed by atoms with Gasteiger partial charge in [-0.2, -0.15) is 0 Å². The molecule has 1 amide bonds. The van der Waals surface area contributed by atoms with Crippen LogP contribution in [0.1, 0.15) is 34.6 Å². The van der Waals surface area contributed by atoms with Gasteiger partial charge >= 0.3 is 0 Å². The van der Waals surface area contributed by atoms with Crippen LogP contribution in [-0.2, 0) is 13.1 Å². The Hall–Kier alpha value is -3.28. The molecule has 0 N–H and O–H groups in total. The number of hydrogen-bond acceptors (Lipinski definition) is 4. The molecule has 0 radical (unpaired) electrons. The van der Waals surface area contributed by atoms with Gasteiger partial charge in [-0.05, 0) is 48.7 Å². The van der Waals surface area contributed by atoms with Gasteiger partial charge in [0.2, 0.25) is 0 Å². The van der Waals surface area contributed by atoms with Crippen LogP contribution in [0.15, 0.2) is 60.9 Å². The van der Waals surface area contributed by atoms with Crippen LogP contribution >= 0.6 is 0 Å². The average Bonchev–Trinajstić information content (AvgIpc) is 3.52. The normalized spacial score (nSPS) is 13.2. The van der Waals surface area contributed by atoms with Crippen molar-refractivity contribution in [1.82, 2.24) is 14.5 Å². The zero-order valence-electron chi connectivity index (χ0n) is 16.7. The number of rotatable bonds is 8. The lowest BCUT2D eigenvalue weighted by molar-refractivity contribution is 0.0723. The van der Waals surface area contributed by atoms with Gasteiger partial charge in [0.15, 0.2) is 0 Å². The minimum Gasteiger partial charge on any atom is -0.497 e. The minimum absolute atomic E-state index is 0.0189. The Morgan fingerprint density at radius 1 is 1.10 bits per heavy atom. The molecule has 1 saturated carbocycles. The maximum Gasteiger partial charge on any atom is 0.254 e. The summed E-state index contributed by atoms with van der Waals surface area (Å²) in [6.07, 6.45) is 5.82. The summed E-state index contributed by atoms with van der Waals surface area (Å²) in [6.45, 7) is 1.19. The number of carbonyl (C=O) groups is 1. The highest BCUT2D eigenvalue weighted by Crippen LogP contribution is 2.30. The fourth-order valence-electron chi connectivity index (χ4n) is 3.39. The average molecular weight is 391 g/mol. The zero-order chi connectivity index (χ0) is 20.2. The van der Waals surface area contributed by atoms with Crippen LogP contribution in [0.5, 0.6) is 11.5 Å². The molecule has 0 saturated heterocycles. The van der Waals surface area contributed by atoms with Crippen molar-refractivity contribution >= 4 is 5.91 Å². The predicted molar refractivity (Wildman–Crippen MR) is 110 cm³/mol. The van der Waals surface area contributed by atoms with Crippen molar-refractivity contribution < 1.29 is 14.3 Å². The van der Waals surface area contributed by atoms with Gasteiger partial charge in [0.1, 0.15) is 17.3 Å². The topological polar surface area (TPSA) is 56.6 Å². The van der Waals surface area contributed by atoms with Gasteiger partial charge in [-0.15, -0.1) is 0 Å². The number of amides is 1. The summed E-state index contributed by atoms with van der Waals surface area (Å²) in [5.41, 5.74) is 1.80. The summed E-state index contributed by atoms with van der Waals surface area (Å²) in [5.74, 6) is 2.42. The van der Waals surface area contributed by atoms with E-state index in [1.54, 1.807) is 26.5 Å². The lowest BCUT2D eigenvalue weighted by atomic mass is 10.2. The van der Waals surface area contributed by atoms with Gasteiger partial charge in [0, 0.05) is 30.5 Å². The molecule has 6 heteroatoms. The van der Waals surface area contributed by atoms with E-state index >= 15 is 0 Å². The van der Waals surface area contributed by atoms with E-state index in [2.05, 4.69) is 9.55 Å². The first-order valence-corrected chi connectivity index (χ1v) is 9.76. The first kappa shape index (κ1) is 19.1. The molecular weight excluding hydrogens is 366 g/mol. The third-order valence-electron chi connectivity index (χ3n) is 5.19. The third kappa shape index (κ3) is 4.42. The van der Waals surface area contributed by atoms with E-state index in [1.807, 2.05) is 53.6 Å².